The average Bonchev–Trinajstić information content (AvgIpc) is 2.49. The number of rotatable bonds is 6. The predicted molar refractivity (Wildman–Crippen MR) is 79.4 cm³/mol. The largest absolute Gasteiger partial charge is 0.497 e. The van der Waals surface area contributed by atoms with Crippen LogP contribution in [0.5, 0.6) is 11.5 Å². The van der Waals surface area contributed by atoms with Crippen molar-refractivity contribution >= 4 is 0 Å². The first-order valence-electron chi connectivity index (χ1n) is 6.65. The summed E-state index contributed by atoms with van der Waals surface area (Å²) in [6.07, 6.45) is 0.878. The Morgan fingerprint density at radius 2 is 1.10 bits per heavy atom. The summed E-state index contributed by atoms with van der Waals surface area (Å²) >= 11 is 0. The standard InChI is InChI=1S/C17H20O3/c1-19-16-7-3-13(4-8-16)11-15(18)12-14-5-9-17(20-2)10-6-14/h3-10,15,18H,11-12H2,1-2H3. The fraction of sp³-hybridized carbons (Fsp3) is 0.294. The lowest BCUT2D eigenvalue weighted by atomic mass is 10.0. The number of aliphatic hydroxyl groups excluding tert-OH is 1. The Hall–Kier alpha value is -2.00. The highest BCUT2D eigenvalue weighted by Gasteiger charge is 2.07. The molecule has 3 heteroatoms. The van der Waals surface area contributed by atoms with Crippen molar-refractivity contribution in [3.05, 3.63) is 59.7 Å². The molecule has 0 saturated heterocycles. The summed E-state index contributed by atoms with van der Waals surface area (Å²) in [6, 6.07) is 15.6. The molecule has 0 aromatic heterocycles. The van der Waals surface area contributed by atoms with E-state index < -0.39 is 6.10 Å². The van der Waals surface area contributed by atoms with Crippen LogP contribution in [0.15, 0.2) is 48.5 Å². The Labute approximate surface area is 119 Å². The smallest absolute Gasteiger partial charge is 0.118 e. The van der Waals surface area contributed by atoms with Gasteiger partial charge in [-0.05, 0) is 48.2 Å². The maximum atomic E-state index is 10.1. The molecule has 0 radical (unpaired) electrons. The van der Waals surface area contributed by atoms with Crippen LogP contribution in [0.2, 0.25) is 0 Å². The van der Waals surface area contributed by atoms with E-state index in [9.17, 15) is 5.11 Å². The van der Waals surface area contributed by atoms with Crippen LogP contribution in [0.3, 0.4) is 0 Å². The summed E-state index contributed by atoms with van der Waals surface area (Å²) in [5.74, 6) is 1.66. The van der Waals surface area contributed by atoms with E-state index in [0.29, 0.717) is 12.8 Å². The monoisotopic (exact) mass is 272 g/mol. The molecule has 3 nitrogen and oxygen atoms in total. The summed E-state index contributed by atoms with van der Waals surface area (Å²) in [4.78, 5) is 0. The highest BCUT2D eigenvalue weighted by Crippen LogP contribution is 2.16. The second-order valence-electron chi connectivity index (χ2n) is 4.76. The highest BCUT2D eigenvalue weighted by atomic mass is 16.5. The lowest BCUT2D eigenvalue weighted by Gasteiger charge is -2.11. The average molecular weight is 272 g/mol. The number of ether oxygens (including phenoxy) is 2. The SMILES string of the molecule is COc1ccc(CC(O)Cc2ccc(OC)cc2)cc1. The minimum atomic E-state index is -0.392. The number of aliphatic hydroxyl groups is 1. The zero-order chi connectivity index (χ0) is 14.4. The first-order valence-corrected chi connectivity index (χ1v) is 6.65. The molecule has 0 aliphatic rings. The van der Waals surface area contributed by atoms with E-state index in [2.05, 4.69) is 0 Å². The van der Waals surface area contributed by atoms with Gasteiger partial charge < -0.3 is 14.6 Å². The van der Waals surface area contributed by atoms with E-state index in [1.807, 2.05) is 48.5 Å². The van der Waals surface area contributed by atoms with Gasteiger partial charge in [-0.1, -0.05) is 24.3 Å². The van der Waals surface area contributed by atoms with Gasteiger partial charge in [0.2, 0.25) is 0 Å². The molecule has 2 aromatic carbocycles. The van der Waals surface area contributed by atoms with Crippen LogP contribution in [-0.4, -0.2) is 25.4 Å². The van der Waals surface area contributed by atoms with Crippen molar-refractivity contribution in [1.29, 1.82) is 0 Å². The second kappa shape index (κ2) is 6.96. The Morgan fingerprint density at radius 1 is 0.750 bits per heavy atom. The Morgan fingerprint density at radius 3 is 1.40 bits per heavy atom. The van der Waals surface area contributed by atoms with Gasteiger partial charge in [-0.3, -0.25) is 0 Å². The first kappa shape index (κ1) is 14.4. The third-order valence-electron chi connectivity index (χ3n) is 3.26. The molecule has 0 aliphatic carbocycles. The third-order valence-corrected chi connectivity index (χ3v) is 3.26. The lowest BCUT2D eigenvalue weighted by molar-refractivity contribution is 0.175. The topological polar surface area (TPSA) is 38.7 Å². The van der Waals surface area contributed by atoms with Crippen molar-refractivity contribution in [2.45, 2.75) is 18.9 Å². The van der Waals surface area contributed by atoms with Crippen LogP contribution in [-0.2, 0) is 12.8 Å². The molecule has 0 bridgehead atoms. The van der Waals surface area contributed by atoms with E-state index in [1.165, 1.54) is 0 Å². The summed E-state index contributed by atoms with van der Waals surface area (Å²) < 4.78 is 10.2. The molecule has 0 heterocycles. The number of benzene rings is 2. The maximum absolute atomic E-state index is 10.1. The minimum absolute atomic E-state index is 0.392. The van der Waals surface area contributed by atoms with Crippen LogP contribution in [0.4, 0.5) is 0 Å². The van der Waals surface area contributed by atoms with Gasteiger partial charge in [-0.2, -0.15) is 0 Å². The van der Waals surface area contributed by atoms with Gasteiger partial charge in [0, 0.05) is 0 Å². The summed E-state index contributed by atoms with van der Waals surface area (Å²) in [7, 11) is 3.29. The Balaban J connectivity index is 1.91. The van der Waals surface area contributed by atoms with Gasteiger partial charge in [-0.15, -0.1) is 0 Å². The third kappa shape index (κ3) is 4.00. The van der Waals surface area contributed by atoms with Gasteiger partial charge in [0.25, 0.3) is 0 Å². The molecule has 0 atom stereocenters. The van der Waals surface area contributed by atoms with E-state index in [-0.39, 0.29) is 0 Å². The predicted octanol–water partition coefficient (Wildman–Crippen LogP) is 2.85. The van der Waals surface area contributed by atoms with Crippen LogP contribution in [0, 0.1) is 0 Å². The van der Waals surface area contributed by atoms with Crippen LogP contribution in [0.1, 0.15) is 11.1 Å². The molecule has 20 heavy (non-hydrogen) atoms. The molecule has 0 unspecified atom stereocenters. The minimum Gasteiger partial charge on any atom is -0.497 e. The molecule has 0 saturated carbocycles. The quantitative estimate of drug-likeness (QED) is 0.879. The van der Waals surface area contributed by atoms with E-state index in [0.717, 1.165) is 22.6 Å². The maximum Gasteiger partial charge on any atom is 0.118 e. The van der Waals surface area contributed by atoms with Crippen molar-refractivity contribution in [1.82, 2.24) is 0 Å². The van der Waals surface area contributed by atoms with Crippen molar-refractivity contribution in [3.8, 4) is 11.5 Å². The van der Waals surface area contributed by atoms with Crippen LogP contribution in [0.25, 0.3) is 0 Å². The van der Waals surface area contributed by atoms with Gasteiger partial charge >= 0.3 is 0 Å². The number of methoxy groups -OCH3 is 2. The number of hydrogen-bond acceptors (Lipinski definition) is 3. The molecular formula is C17H20O3. The molecule has 0 spiro atoms. The number of hydrogen-bond donors (Lipinski definition) is 1. The molecule has 1 N–H and O–H groups in total. The van der Waals surface area contributed by atoms with Gasteiger partial charge in [0.05, 0.1) is 20.3 Å². The molecule has 106 valence electrons. The van der Waals surface area contributed by atoms with Crippen molar-refractivity contribution in [2.24, 2.45) is 0 Å². The fourth-order valence-corrected chi connectivity index (χ4v) is 2.14. The van der Waals surface area contributed by atoms with E-state index in [1.54, 1.807) is 14.2 Å². The van der Waals surface area contributed by atoms with Crippen molar-refractivity contribution in [3.63, 3.8) is 0 Å². The summed E-state index contributed by atoms with van der Waals surface area (Å²) in [6.45, 7) is 0. The summed E-state index contributed by atoms with van der Waals surface area (Å²) in [5.41, 5.74) is 2.21. The molecule has 0 amide bonds. The van der Waals surface area contributed by atoms with Crippen LogP contribution >= 0.6 is 0 Å². The molecule has 2 rings (SSSR count). The molecule has 0 aliphatic heterocycles. The van der Waals surface area contributed by atoms with E-state index in [4.69, 9.17) is 9.47 Å². The zero-order valence-corrected chi connectivity index (χ0v) is 11.9. The Kier molecular flexibility index (Phi) is 5.02. The van der Waals surface area contributed by atoms with Crippen LogP contribution < -0.4 is 9.47 Å². The zero-order valence-electron chi connectivity index (χ0n) is 11.9. The van der Waals surface area contributed by atoms with Crippen molar-refractivity contribution < 1.29 is 14.6 Å². The van der Waals surface area contributed by atoms with Gasteiger partial charge in [0.1, 0.15) is 11.5 Å². The first-order chi connectivity index (χ1) is 9.71. The molecular weight excluding hydrogens is 252 g/mol. The lowest BCUT2D eigenvalue weighted by Crippen LogP contribution is -2.13. The molecule has 0 fully saturated rings. The normalized spacial score (nSPS) is 10.6. The second-order valence-corrected chi connectivity index (χ2v) is 4.76. The molecule has 2 aromatic rings. The highest BCUT2D eigenvalue weighted by molar-refractivity contribution is 5.29. The van der Waals surface area contributed by atoms with Gasteiger partial charge in [-0.25, -0.2) is 0 Å². The fourth-order valence-electron chi connectivity index (χ4n) is 2.14. The van der Waals surface area contributed by atoms with E-state index >= 15 is 0 Å². The Bertz CT molecular complexity index is 467. The summed E-state index contributed by atoms with van der Waals surface area (Å²) in [5, 5.41) is 10.1. The van der Waals surface area contributed by atoms with Gasteiger partial charge in [0.15, 0.2) is 0 Å². The van der Waals surface area contributed by atoms with Crippen molar-refractivity contribution in [2.75, 3.05) is 14.2 Å².